The second-order valence-corrected chi connectivity index (χ2v) is 4.63. The van der Waals surface area contributed by atoms with Crippen molar-refractivity contribution >= 4 is 17.5 Å². The average molecular weight is 282 g/mol. The summed E-state index contributed by atoms with van der Waals surface area (Å²) >= 11 is 0. The van der Waals surface area contributed by atoms with Gasteiger partial charge in [-0.3, -0.25) is 9.59 Å². The number of aliphatic hydroxyl groups excluding tert-OH is 1. The van der Waals surface area contributed by atoms with Crippen molar-refractivity contribution in [1.82, 2.24) is 5.32 Å². The lowest BCUT2D eigenvalue weighted by Crippen LogP contribution is -2.41. The lowest BCUT2D eigenvalue weighted by molar-refractivity contribution is -0.136. The van der Waals surface area contributed by atoms with E-state index in [4.69, 9.17) is 0 Å². The van der Waals surface area contributed by atoms with Gasteiger partial charge in [-0.1, -0.05) is 26.3 Å². The lowest BCUT2D eigenvalue weighted by atomic mass is 10.0. The number of hydrogen-bond acceptors (Lipinski definition) is 3. The fourth-order valence-corrected chi connectivity index (χ4v) is 1.50. The molecule has 2 atom stereocenters. The molecule has 110 valence electrons. The van der Waals surface area contributed by atoms with E-state index >= 15 is 0 Å². The van der Waals surface area contributed by atoms with Crippen LogP contribution in [-0.4, -0.2) is 29.6 Å². The van der Waals surface area contributed by atoms with Crippen molar-refractivity contribution in [1.29, 1.82) is 0 Å². The van der Waals surface area contributed by atoms with Crippen molar-refractivity contribution in [2.75, 3.05) is 11.9 Å². The van der Waals surface area contributed by atoms with E-state index < -0.39 is 23.7 Å². The minimum Gasteiger partial charge on any atom is -0.391 e. The van der Waals surface area contributed by atoms with E-state index in [9.17, 15) is 19.1 Å². The van der Waals surface area contributed by atoms with Gasteiger partial charge in [-0.2, -0.15) is 0 Å². The minimum atomic E-state index is -0.896. The molecule has 0 aliphatic carbocycles. The van der Waals surface area contributed by atoms with Gasteiger partial charge in [0.25, 0.3) is 0 Å². The topological polar surface area (TPSA) is 78.4 Å². The van der Waals surface area contributed by atoms with Gasteiger partial charge in [0.1, 0.15) is 5.82 Å². The zero-order valence-electron chi connectivity index (χ0n) is 11.5. The molecule has 0 aromatic heterocycles. The number of amides is 2. The largest absolute Gasteiger partial charge is 0.391 e. The minimum absolute atomic E-state index is 0.00438. The van der Waals surface area contributed by atoms with E-state index in [0.29, 0.717) is 0 Å². The molecule has 6 heteroatoms. The smallest absolute Gasteiger partial charge is 0.313 e. The van der Waals surface area contributed by atoms with Crippen LogP contribution < -0.4 is 10.6 Å². The van der Waals surface area contributed by atoms with Crippen LogP contribution in [0.15, 0.2) is 24.3 Å². The molecule has 20 heavy (non-hydrogen) atoms. The number of carbonyl (C=O) groups is 2. The van der Waals surface area contributed by atoms with Gasteiger partial charge in [0.15, 0.2) is 0 Å². The van der Waals surface area contributed by atoms with Gasteiger partial charge in [0.2, 0.25) is 0 Å². The van der Waals surface area contributed by atoms with Crippen LogP contribution in [0.25, 0.3) is 0 Å². The number of benzene rings is 1. The molecular formula is C14H19FN2O3. The number of aliphatic hydroxyl groups is 1. The van der Waals surface area contributed by atoms with Gasteiger partial charge in [0, 0.05) is 12.2 Å². The Morgan fingerprint density at radius 1 is 1.35 bits per heavy atom. The predicted octanol–water partition coefficient (Wildman–Crippen LogP) is 1.29. The van der Waals surface area contributed by atoms with Gasteiger partial charge in [-0.05, 0) is 24.1 Å². The molecule has 1 aromatic carbocycles. The molecule has 2 amide bonds. The quantitative estimate of drug-likeness (QED) is 0.712. The summed E-state index contributed by atoms with van der Waals surface area (Å²) in [5.74, 6) is -2.24. The van der Waals surface area contributed by atoms with Crippen molar-refractivity contribution in [3.8, 4) is 0 Å². The molecule has 3 N–H and O–H groups in total. The Hall–Kier alpha value is -1.95. The number of hydrogen-bond donors (Lipinski definition) is 3. The van der Waals surface area contributed by atoms with Crippen molar-refractivity contribution in [2.45, 2.75) is 26.4 Å². The second-order valence-electron chi connectivity index (χ2n) is 4.63. The summed E-state index contributed by atoms with van der Waals surface area (Å²) in [5.41, 5.74) is 0.202. The molecule has 0 aliphatic heterocycles. The van der Waals surface area contributed by atoms with Gasteiger partial charge < -0.3 is 15.7 Å². The summed E-state index contributed by atoms with van der Waals surface area (Å²) in [6.07, 6.45) is 0.0675. The third-order valence-electron chi connectivity index (χ3n) is 3.06. The summed E-state index contributed by atoms with van der Waals surface area (Å²) in [7, 11) is 0. The first kappa shape index (κ1) is 16.1. The SMILES string of the molecule is CCC(C)C(O)CNC(=O)C(=O)Nc1cccc(F)c1. The molecule has 1 aromatic rings. The summed E-state index contributed by atoms with van der Waals surface area (Å²) < 4.78 is 12.9. The molecule has 0 radical (unpaired) electrons. The lowest BCUT2D eigenvalue weighted by Gasteiger charge is -2.17. The average Bonchev–Trinajstić information content (AvgIpc) is 2.43. The van der Waals surface area contributed by atoms with E-state index in [1.54, 1.807) is 0 Å². The molecule has 0 heterocycles. The Kier molecular flexibility index (Phi) is 6.11. The van der Waals surface area contributed by atoms with Crippen LogP contribution in [0.3, 0.4) is 0 Å². The Labute approximate surface area is 117 Å². The third-order valence-corrected chi connectivity index (χ3v) is 3.06. The molecule has 0 saturated carbocycles. The maximum atomic E-state index is 12.9. The van der Waals surface area contributed by atoms with Gasteiger partial charge >= 0.3 is 11.8 Å². The Morgan fingerprint density at radius 2 is 2.05 bits per heavy atom. The highest BCUT2D eigenvalue weighted by atomic mass is 19.1. The van der Waals surface area contributed by atoms with Gasteiger partial charge in [-0.25, -0.2) is 4.39 Å². The molecular weight excluding hydrogens is 263 g/mol. The van der Waals surface area contributed by atoms with Crippen LogP contribution in [0, 0.1) is 11.7 Å². The first-order valence-electron chi connectivity index (χ1n) is 6.46. The zero-order valence-corrected chi connectivity index (χ0v) is 11.5. The van der Waals surface area contributed by atoms with Crippen LogP contribution in [0.4, 0.5) is 10.1 Å². The van der Waals surface area contributed by atoms with Crippen molar-refractivity contribution in [3.05, 3.63) is 30.1 Å². The van der Waals surface area contributed by atoms with Crippen LogP contribution >= 0.6 is 0 Å². The zero-order chi connectivity index (χ0) is 15.1. The van der Waals surface area contributed by atoms with E-state index in [-0.39, 0.29) is 18.2 Å². The van der Waals surface area contributed by atoms with Gasteiger partial charge in [0.05, 0.1) is 6.10 Å². The third kappa shape index (κ3) is 4.97. The maximum absolute atomic E-state index is 12.9. The van der Waals surface area contributed by atoms with Crippen LogP contribution in [0.2, 0.25) is 0 Å². The summed E-state index contributed by atoms with van der Waals surface area (Å²) in [6.45, 7) is 3.78. The Bertz CT molecular complexity index is 479. The highest BCUT2D eigenvalue weighted by Gasteiger charge is 2.17. The summed E-state index contributed by atoms with van der Waals surface area (Å²) in [5, 5.41) is 14.3. The van der Waals surface area contributed by atoms with E-state index in [0.717, 1.165) is 12.5 Å². The van der Waals surface area contributed by atoms with Crippen molar-refractivity contribution < 1.29 is 19.1 Å². The molecule has 0 saturated heterocycles. The highest BCUT2D eigenvalue weighted by molar-refractivity contribution is 6.39. The number of anilines is 1. The molecule has 0 spiro atoms. The van der Waals surface area contributed by atoms with Crippen LogP contribution in [-0.2, 0) is 9.59 Å². The fraction of sp³-hybridized carbons (Fsp3) is 0.429. The summed E-state index contributed by atoms with van der Waals surface area (Å²) in [6, 6.07) is 5.25. The van der Waals surface area contributed by atoms with Crippen LogP contribution in [0.5, 0.6) is 0 Å². The first-order valence-corrected chi connectivity index (χ1v) is 6.46. The second kappa shape index (κ2) is 7.59. The molecule has 1 rings (SSSR count). The maximum Gasteiger partial charge on any atom is 0.313 e. The van der Waals surface area contributed by atoms with E-state index in [1.807, 2.05) is 13.8 Å². The standard InChI is InChI=1S/C14H19FN2O3/c1-3-9(2)12(18)8-16-13(19)14(20)17-11-6-4-5-10(15)7-11/h4-7,9,12,18H,3,8H2,1-2H3,(H,16,19)(H,17,20). The first-order chi connectivity index (χ1) is 9.43. The normalized spacial score (nSPS) is 13.4. The van der Waals surface area contributed by atoms with E-state index in [2.05, 4.69) is 10.6 Å². The van der Waals surface area contributed by atoms with Gasteiger partial charge in [-0.15, -0.1) is 0 Å². The van der Waals surface area contributed by atoms with Crippen molar-refractivity contribution in [3.63, 3.8) is 0 Å². The molecule has 0 fully saturated rings. The molecule has 2 unspecified atom stereocenters. The van der Waals surface area contributed by atoms with Crippen LogP contribution in [0.1, 0.15) is 20.3 Å². The monoisotopic (exact) mass is 282 g/mol. The number of nitrogens with one attached hydrogen (secondary N) is 2. The number of rotatable bonds is 5. The number of carbonyl (C=O) groups excluding carboxylic acids is 2. The van der Waals surface area contributed by atoms with E-state index in [1.165, 1.54) is 18.2 Å². The molecule has 0 aliphatic rings. The Morgan fingerprint density at radius 3 is 2.65 bits per heavy atom. The van der Waals surface area contributed by atoms with Crippen molar-refractivity contribution in [2.24, 2.45) is 5.92 Å². The highest BCUT2D eigenvalue weighted by Crippen LogP contribution is 2.09. The predicted molar refractivity (Wildman–Crippen MR) is 73.5 cm³/mol. The molecule has 0 bridgehead atoms. The number of halogens is 1. The Balaban J connectivity index is 2.46. The fourth-order valence-electron chi connectivity index (χ4n) is 1.50. The summed E-state index contributed by atoms with van der Waals surface area (Å²) in [4.78, 5) is 23.1. The molecule has 5 nitrogen and oxygen atoms in total.